The molecule has 0 atom stereocenters. The van der Waals surface area contributed by atoms with Gasteiger partial charge < -0.3 is 18.9 Å². The summed E-state index contributed by atoms with van der Waals surface area (Å²) in [5, 5.41) is 0. The summed E-state index contributed by atoms with van der Waals surface area (Å²) < 4.78 is 21.9. The molecule has 0 unspecified atom stereocenters. The molecule has 0 aromatic rings. The van der Waals surface area contributed by atoms with Crippen LogP contribution in [0.4, 0.5) is 0 Å². The van der Waals surface area contributed by atoms with Crippen LogP contribution in [-0.2, 0) is 38.1 Å². The zero-order valence-corrected chi connectivity index (χ0v) is 22.5. The molecule has 0 saturated heterocycles. The van der Waals surface area contributed by atoms with Crippen LogP contribution in [0.3, 0.4) is 0 Å². The monoisotopic (exact) mass is 500 g/mol. The number of carbonyl (C=O) groups is 4. The Morgan fingerprint density at radius 2 is 0.686 bits per heavy atom. The van der Waals surface area contributed by atoms with E-state index < -0.39 is 17.4 Å². The van der Waals surface area contributed by atoms with Crippen molar-refractivity contribution in [2.75, 3.05) is 26.4 Å². The van der Waals surface area contributed by atoms with Gasteiger partial charge in [0.15, 0.2) is 0 Å². The molecule has 0 saturated carbocycles. The highest BCUT2D eigenvalue weighted by molar-refractivity contribution is 5.71. The van der Waals surface area contributed by atoms with Crippen molar-refractivity contribution in [1.82, 2.24) is 0 Å². The maximum atomic E-state index is 12.3. The van der Waals surface area contributed by atoms with Gasteiger partial charge in [0, 0.05) is 25.7 Å². The van der Waals surface area contributed by atoms with Crippen LogP contribution in [0.5, 0.6) is 0 Å². The van der Waals surface area contributed by atoms with Crippen molar-refractivity contribution in [2.45, 2.75) is 118 Å². The first kappa shape index (κ1) is 32.9. The largest absolute Gasteiger partial charge is 0.465 e. The molecule has 0 aliphatic carbocycles. The first-order valence-electron chi connectivity index (χ1n) is 13.4. The van der Waals surface area contributed by atoms with E-state index in [2.05, 4.69) is 0 Å². The quantitative estimate of drug-likeness (QED) is 0.106. The van der Waals surface area contributed by atoms with Gasteiger partial charge in [0.05, 0.1) is 0 Å². The summed E-state index contributed by atoms with van der Waals surface area (Å²) in [5.74, 6) is -1.55. The van der Waals surface area contributed by atoms with Crippen molar-refractivity contribution in [1.29, 1.82) is 0 Å². The molecule has 0 fully saturated rings. The summed E-state index contributed by atoms with van der Waals surface area (Å²) in [6, 6.07) is 0. The molecule has 204 valence electrons. The van der Waals surface area contributed by atoms with Crippen molar-refractivity contribution in [3.05, 3.63) is 0 Å². The number of carbonyl (C=O) groups excluding carboxylic acids is 4. The van der Waals surface area contributed by atoms with Crippen molar-refractivity contribution in [3.8, 4) is 0 Å². The zero-order chi connectivity index (χ0) is 26.4. The van der Waals surface area contributed by atoms with E-state index in [4.69, 9.17) is 18.9 Å². The topological polar surface area (TPSA) is 105 Å². The summed E-state index contributed by atoms with van der Waals surface area (Å²) in [6.45, 7) is 7.33. The van der Waals surface area contributed by atoms with Crippen LogP contribution in [0.2, 0.25) is 0 Å². The third-order valence-electron chi connectivity index (χ3n) is 5.60. The second-order valence-electron chi connectivity index (χ2n) is 9.26. The number of hydrogen-bond donors (Lipinski definition) is 0. The van der Waals surface area contributed by atoms with E-state index in [0.717, 1.165) is 38.5 Å². The Balaban J connectivity index is 5.42. The summed E-state index contributed by atoms with van der Waals surface area (Å²) in [6.07, 6.45) is 9.36. The second kappa shape index (κ2) is 21.2. The SMILES string of the molecule is CCCCCC(=O)OCC(COC(=O)CCCC)(COC(=O)CCCC)COC(=O)CCCCC. The fourth-order valence-corrected chi connectivity index (χ4v) is 3.15. The Kier molecular flexibility index (Phi) is 19.9. The first-order valence-corrected chi connectivity index (χ1v) is 13.4. The van der Waals surface area contributed by atoms with Gasteiger partial charge in [-0.3, -0.25) is 19.2 Å². The third-order valence-corrected chi connectivity index (χ3v) is 5.60. The Bertz CT molecular complexity index is 550. The molecule has 0 N–H and O–H groups in total. The van der Waals surface area contributed by atoms with E-state index in [9.17, 15) is 19.2 Å². The molecule has 0 amide bonds. The van der Waals surface area contributed by atoms with Gasteiger partial charge in [-0.05, 0) is 25.7 Å². The molecule has 8 nitrogen and oxygen atoms in total. The van der Waals surface area contributed by atoms with Gasteiger partial charge in [0.1, 0.15) is 31.8 Å². The van der Waals surface area contributed by atoms with Gasteiger partial charge >= 0.3 is 23.9 Å². The molecule has 0 aromatic heterocycles. The number of ether oxygens (including phenoxy) is 4. The van der Waals surface area contributed by atoms with E-state index in [1.165, 1.54) is 0 Å². The molecule has 0 spiro atoms. The zero-order valence-electron chi connectivity index (χ0n) is 22.5. The van der Waals surface area contributed by atoms with Crippen LogP contribution >= 0.6 is 0 Å². The second-order valence-corrected chi connectivity index (χ2v) is 9.26. The van der Waals surface area contributed by atoms with Crippen LogP contribution < -0.4 is 0 Å². The van der Waals surface area contributed by atoms with E-state index in [0.29, 0.717) is 25.7 Å². The molecule has 0 heterocycles. The Morgan fingerprint density at radius 1 is 0.429 bits per heavy atom. The molecule has 0 aliphatic rings. The first-order chi connectivity index (χ1) is 16.8. The Morgan fingerprint density at radius 3 is 0.943 bits per heavy atom. The summed E-state index contributed by atoms with van der Waals surface area (Å²) in [5.41, 5.74) is -1.16. The van der Waals surface area contributed by atoms with Crippen molar-refractivity contribution >= 4 is 23.9 Å². The Hall–Kier alpha value is -2.12. The lowest BCUT2D eigenvalue weighted by Crippen LogP contribution is -2.44. The highest BCUT2D eigenvalue weighted by atomic mass is 16.6. The average Bonchev–Trinajstić information content (AvgIpc) is 2.85. The normalized spacial score (nSPS) is 11.1. The predicted molar refractivity (Wildman–Crippen MR) is 134 cm³/mol. The number of hydrogen-bond acceptors (Lipinski definition) is 8. The molecular formula is C27H48O8. The van der Waals surface area contributed by atoms with Crippen molar-refractivity contribution in [3.63, 3.8) is 0 Å². The van der Waals surface area contributed by atoms with E-state index >= 15 is 0 Å². The van der Waals surface area contributed by atoms with Crippen LogP contribution in [0.15, 0.2) is 0 Å². The maximum absolute atomic E-state index is 12.3. The van der Waals surface area contributed by atoms with Crippen LogP contribution in [-0.4, -0.2) is 50.3 Å². The molecule has 35 heavy (non-hydrogen) atoms. The Labute approximate surface area is 211 Å². The summed E-state index contributed by atoms with van der Waals surface area (Å²) in [7, 11) is 0. The lowest BCUT2D eigenvalue weighted by molar-refractivity contribution is -0.170. The predicted octanol–water partition coefficient (Wildman–Crippen LogP) is 5.69. The highest BCUT2D eigenvalue weighted by Gasteiger charge is 2.37. The summed E-state index contributed by atoms with van der Waals surface area (Å²) in [4.78, 5) is 49.0. The smallest absolute Gasteiger partial charge is 0.305 e. The van der Waals surface area contributed by atoms with E-state index in [-0.39, 0.29) is 64.0 Å². The molecule has 0 bridgehead atoms. The standard InChI is InChI=1S/C27H48O8/c1-5-9-13-17-25(30)34-21-27(19-32-23(28)15-11-7-3,20-33-24(29)16-12-8-4)22-35-26(31)18-14-10-6-2/h5-22H2,1-4H3. The van der Waals surface area contributed by atoms with Crippen LogP contribution in [0.1, 0.15) is 118 Å². The lowest BCUT2D eigenvalue weighted by Gasteiger charge is -2.31. The lowest BCUT2D eigenvalue weighted by atomic mass is 9.92. The van der Waals surface area contributed by atoms with Gasteiger partial charge in [-0.25, -0.2) is 0 Å². The van der Waals surface area contributed by atoms with Crippen LogP contribution in [0, 0.1) is 5.41 Å². The molecule has 0 aromatic carbocycles. The molecule has 0 radical (unpaired) electrons. The molecular weight excluding hydrogens is 452 g/mol. The van der Waals surface area contributed by atoms with E-state index in [1.54, 1.807) is 0 Å². The highest BCUT2D eigenvalue weighted by Crippen LogP contribution is 2.23. The van der Waals surface area contributed by atoms with Crippen molar-refractivity contribution in [2.24, 2.45) is 5.41 Å². The molecule has 0 rings (SSSR count). The fourth-order valence-electron chi connectivity index (χ4n) is 3.15. The van der Waals surface area contributed by atoms with Gasteiger partial charge in [-0.2, -0.15) is 0 Å². The van der Waals surface area contributed by atoms with Gasteiger partial charge in [0.2, 0.25) is 0 Å². The number of esters is 4. The number of rotatable bonds is 22. The minimum atomic E-state index is -1.16. The molecule has 0 aliphatic heterocycles. The van der Waals surface area contributed by atoms with Gasteiger partial charge in [0.25, 0.3) is 0 Å². The summed E-state index contributed by atoms with van der Waals surface area (Å²) >= 11 is 0. The minimum absolute atomic E-state index is 0.178. The average molecular weight is 501 g/mol. The minimum Gasteiger partial charge on any atom is -0.465 e. The number of unbranched alkanes of at least 4 members (excludes halogenated alkanes) is 6. The van der Waals surface area contributed by atoms with Gasteiger partial charge in [-0.15, -0.1) is 0 Å². The van der Waals surface area contributed by atoms with Crippen molar-refractivity contribution < 1.29 is 38.1 Å². The van der Waals surface area contributed by atoms with Crippen LogP contribution in [0.25, 0.3) is 0 Å². The fraction of sp³-hybridized carbons (Fsp3) is 0.852. The molecule has 8 heteroatoms. The third kappa shape index (κ3) is 17.9. The maximum Gasteiger partial charge on any atom is 0.305 e. The van der Waals surface area contributed by atoms with E-state index in [1.807, 2.05) is 27.7 Å². The van der Waals surface area contributed by atoms with Gasteiger partial charge in [-0.1, -0.05) is 66.2 Å².